The number of aliphatic hydroxyl groups is 3. The Morgan fingerprint density at radius 1 is 1.08 bits per heavy atom. The summed E-state index contributed by atoms with van der Waals surface area (Å²) in [6.07, 6.45) is -5.74. The summed E-state index contributed by atoms with van der Waals surface area (Å²) in [5.41, 5.74) is -6.86. The van der Waals surface area contributed by atoms with Crippen molar-refractivity contribution in [2.45, 2.75) is 83.1 Å². The maximum Gasteiger partial charge on any atom is 0.338 e. The fourth-order valence-electron chi connectivity index (χ4n) is 7.45. The molecule has 3 aliphatic carbocycles. The molecule has 4 aliphatic rings. The lowest BCUT2D eigenvalue weighted by Gasteiger charge is -2.66. The minimum atomic E-state index is -2.13. The smallest absolute Gasteiger partial charge is 0.338 e. The maximum atomic E-state index is 14.2. The molecule has 0 unspecified atom stereocenters. The molecule has 3 N–H and O–H groups in total. The van der Waals surface area contributed by atoms with Crippen molar-refractivity contribution in [2.75, 3.05) is 6.61 Å². The van der Waals surface area contributed by atoms with Crippen LogP contribution < -0.4 is 0 Å². The Labute approximate surface area is 225 Å². The van der Waals surface area contributed by atoms with Gasteiger partial charge in [-0.25, -0.2) is 4.79 Å². The summed E-state index contributed by atoms with van der Waals surface area (Å²) in [7, 11) is 0. The van der Waals surface area contributed by atoms with E-state index in [0.717, 1.165) is 0 Å². The van der Waals surface area contributed by atoms with Crippen LogP contribution in [0.25, 0.3) is 0 Å². The zero-order valence-electron chi connectivity index (χ0n) is 22.6. The minimum absolute atomic E-state index is 0.0881. The third-order valence-electron chi connectivity index (χ3n) is 9.74. The Kier molecular flexibility index (Phi) is 6.23. The monoisotopic (exact) mass is 542 g/mol. The highest BCUT2D eigenvalue weighted by atomic mass is 16.6. The molecule has 210 valence electrons. The molecule has 0 radical (unpaired) electrons. The van der Waals surface area contributed by atoms with E-state index in [-0.39, 0.29) is 36.2 Å². The number of hydrogen-bond acceptors (Lipinski definition) is 10. The second kappa shape index (κ2) is 8.79. The minimum Gasteiger partial charge on any atom is -0.455 e. The molecule has 2 bridgehead atoms. The molecule has 0 amide bonds. The SMILES string of the molecule is CC(=O)O[C@@]12CO[C@H]1C[C@@H](O)[C@]1(C)C(=O)C(=O)C3=C(C)[C@@H](O)C[C@@](O)([C@@H](OC(=O)c4ccccc4)[C@H]21)C3(C)C. The number of esters is 2. The number of ketones is 2. The Bertz CT molecular complexity index is 1280. The van der Waals surface area contributed by atoms with Crippen molar-refractivity contribution in [3.8, 4) is 0 Å². The summed E-state index contributed by atoms with van der Waals surface area (Å²) < 4.78 is 17.6. The molecule has 10 nitrogen and oxygen atoms in total. The van der Waals surface area contributed by atoms with Crippen molar-refractivity contribution < 1.29 is 48.7 Å². The van der Waals surface area contributed by atoms with Crippen molar-refractivity contribution in [3.63, 3.8) is 0 Å². The molecule has 10 heteroatoms. The van der Waals surface area contributed by atoms with Crippen molar-refractivity contribution in [2.24, 2.45) is 16.7 Å². The van der Waals surface area contributed by atoms with E-state index < -0.39 is 75.9 Å². The van der Waals surface area contributed by atoms with E-state index in [2.05, 4.69) is 0 Å². The van der Waals surface area contributed by atoms with Gasteiger partial charge in [-0.15, -0.1) is 0 Å². The molecule has 1 heterocycles. The average Bonchev–Trinajstić information content (AvgIpc) is 2.87. The molecule has 1 saturated heterocycles. The molecule has 0 aromatic heterocycles. The molecule has 1 aliphatic heterocycles. The lowest BCUT2D eigenvalue weighted by atomic mass is 9.45. The van der Waals surface area contributed by atoms with E-state index >= 15 is 0 Å². The highest BCUT2D eigenvalue weighted by molar-refractivity contribution is 6.46. The number of carbonyl (C=O) groups excluding carboxylic acids is 4. The number of hydrogen-bond donors (Lipinski definition) is 3. The van der Waals surface area contributed by atoms with E-state index in [9.17, 15) is 34.5 Å². The standard InChI is InChI=1S/C29H34O10/c1-14-17(31)12-29(36)24(38-25(35)16-9-7-6-8-10-16)22-27(5,23(34)21(33)20(14)26(29,3)4)18(32)11-19-28(22,13-37-19)39-15(2)30/h6-10,17-19,22,24,31-32,36H,11-13H2,1-5H3/t17-,18+,19-,22-,24-,27-,28-,29+/m0/s1. The zero-order valence-corrected chi connectivity index (χ0v) is 22.6. The van der Waals surface area contributed by atoms with Crippen LogP contribution in [0.5, 0.6) is 0 Å². The van der Waals surface area contributed by atoms with Crippen LogP contribution in [0.3, 0.4) is 0 Å². The van der Waals surface area contributed by atoms with Crippen LogP contribution in [0.2, 0.25) is 0 Å². The van der Waals surface area contributed by atoms with Crippen LogP contribution in [0.1, 0.15) is 57.8 Å². The number of carbonyl (C=O) groups is 4. The fraction of sp³-hybridized carbons (Fsp3) is 0.586. The molecular weight excluding hydrogens is 508 g/mol. The van der Waals surface area contributed by atoms with Crippen LogP contribution >= 0.6 is 0 Å². The summed E-state index contributed by atoms with van der Waals surface area (Å²) in [6, 6.07) is 8.02. The van der Waals surface area contributed by atoms with Gasteiger partial charge in [-0.05, 0) is 31.6 Å². The highest BCUT2D eigenvalue weighted by Crippen LogP contribution is 2.63. The number of ether oxygens (including phenoxy) is 3. The van der Waals surface area contributed by atoms with Gasteiger partial charge in [-0.1, -0.05) is 32.0 Å². The molecule has 1 aromatic rings. The fourth-order valence-corrected chi connectivity index (χ4v) is 7.45. The Morgan fingerprint density at radius 3 is 2.28 bits per heavy atom. The predicted octanol–water partition coefficient (Wildman–Crippen LogP) is 1.29. The highest BCUT2D eigenvalue weighted by Gasteiger charge is 2.78. The van der Waals surface area contributed by atoms with Crippen LogP contribution in [0.4, 0.5) is 0 Å². The van der Waals surface area contributed by atoms with E-state index in [1.807, 2.05) is 0 Å². The van der Waals surface area contributed by atoms with Gasteiger partial charge in [0.1, 0.15) is 17.8 Å². The first-order chi connectivity index (χ1) is 18.1. The first-order valence-electron chi connectivity index (χ1n) is 13.1. The van der Waals surface area contributed by atoms with Crippen LogP contribution in [-0.4, -0.2) is 81.0 Å². The molecule has 39 heavy (non-hydrogen) atoms. The lowest BCUT2D eigenvalue weighted by molar-refractivity contribution is -0.343. The van der Waals surface area contributed by atoms with Crippen LogP contribution in [-0.2, 0) is 28.6 Å². The van der Waals surface area contributed by atoms with Crippen LogP contribution in [0.15, 0.2) is 41.5 Å². The van der Waals surface area contributed by atoms with Crippen molar-refractivity contribution in [3.05, 3.63) is 47.0 Å². The summed E-state index contributed by atoms with van der Waals surface area (Å²) in [6.45, 7) is 7.00. The summed E-state index contributed by atoms with van der Waals surface area (Å²) in [5.74, 6) is -4.86. The Hall–Kier alpha value is -2.92. The third-order valence-corrected chi connectivity index (χ3v) is 9.74. The molecule has 3 fully saturated rings. The molecule has 5 rings (SSSR count). The van der Waals surface area contributed by atoms with Gasteiger partial charge in [0.05, 0.1) is 35.7 Å². The molecular formula is C29H34O10. The number of aliphatic hydroxyl groups excluding tert-OH is 2. The Morgan fingerprint density at radius 2 is 1.72 bits per heavy atom. The van der Waals surface area contributed by atoms with Crippen molar-refractivity contribution in [1.29, 1.82) is 0 Å². The average molecular weight is 543 g/mol. The van der Waals surface area contributed by atoms with Crippen LogP contribution in [0, 0.1) is 16.7 Å². The quantitative estimate of drug-likeness (QED) is 0.376. The normalized spacial score (nSPS) is 40.9. The van der Waals surface area contributed by atoms with Gasteiger partial charge in [-0.3, -0.25) is 14.4 Å². The number of benzene rings is 1. The topological polar surface area (TPSA) is 157 Å². The molecule has 8 atom stereocenters. The van der Waals surface area contributed by atoms with Gasteiger partial charge in [0.2, 0.25) is 11.6 Å². The largest absolute Gasteiger partial charge is 0.455 e. The Balaban J connectivity index is 1.82. The molecule has 0 spiro atoms. The lowest BCUT2D eigenvalue weighted by Crippen LogP contribution is -2.81. The second-order valence-corrected chi connectivity index (χ2v) is 12.0. The maximum absolute atomic E-state index is 14.2. The van der Waals surface area contributed by atoms with Gasteiger partial charge in [0.15, 0.2) is 5.60 Å². The van der Waals surface area contributed by atoms with Gasteiger partial charge < -0.3 is 29.5 Å². The van der Waals surface area contributed by atoms with E-state index in [1.54, 1.807) is 32.0 Å². The van der Waals surface area contributed by atoms with E-state index in [0.29, 0.717) is 0 Å². The second-order valence-electron chi connectivity index (χ2n) is 12.0. The zero-order chi connectivity index (χ0) is 28.7. The van der Waals surface area contributed by atoms with Crippen molar-refractivity contribution >= 4 is 23.5 Å². The van der Waals surface area contributed by atoms with Gasteiger partial charge in [-0.2, -0.15) is 0 Å². The number of Topliss-reactive ketones (excluding diaryl/α,β-unsaturated/α-hetero) is 2. The van der Waals surface area contributed by atoms with Gasteiger partial charge in [0.25, 0.3) is 0 Å². The number of rotatable bonds is 3. The predicted molar refractivity (Wildman–Crippen MR) is 134 cm³/mol. The summed E-state index contributed by atoms with van der Waals surface area (Å²) in [5, 5.41) is 35.1. The molecule has 1 aromatic carbocycles. The summed E-state index contributed by atoms with van der Waals surface area (Å²) in [4.78, 5) is 54.1. The van der Waals surface area contributed by atoms with E-state index in [1.165, 1.54) is 32.9 Å². The molecule has 2 saturated carbocycles. The van der Waals surface area contributed by atoms with Crippen molar-refractivity contribution in [1.82, 2.24) is 0 Å². The first-order valence-corrected chi connectivity index (χ1v) is 13.1. The van der Waals surface area contributed by atoms with E-state index in [4.69, 9.17) is 14.2 Å². The first kappa shape index (κ1) is 27.6. The number of fused-ring (bicyclic) bond motifs is 5. The third kappa shape index (κ3) is 3.54. The summed E-state index contributed by atoms with van der Waals surface area (Å²) >= 11 is 0. The van der Waals surface area contributed by atoms with Gasteiger partial charge in [0, 0.05) is 30.8 Å². The van der Waals surface area contributed by atoms with Gasteiger partial charge >= 0.3 is 11.9 Å².